The van der Waals surface area contributed by atoms with E-state index in [1.54, 1.807) is 27.9 Å². The van der Waals surface area contributed by atoms with Crippen molar-refractivity contribution in [1.82, 2.24) is 0 Å². The van der Waals surface area contributed by atoms with Gasteiger partial charge in [-0.25, -0.2) is 4.39 Å². The van der Waals surface area contributed by atoms with Crippen molar-refractivity contribution in [3.8, 4) is 0 Å². The molecular weight excluding hydrogens is 399 g/mol. The summed E-state index contributed by atoms with van der Waals surface area (Å²) in [5.74, 6) is -0.499. The molecule has 158 valence electrons. The van der Waals surface area contributed by atoms with E-state index < -0.39 is 27.8 Å². The van der Waals surface area contributed by atoms with Crippen molar-refractivity contribution < 1.29 is 23.6 Å². The second-order valence-corrected chi connectivity index (χ2v) is 9.44. The number of non-ortho nitro benzene ring substituents is 1. The maximum absolute atomic E-state index is 14.9. The summed E-state index contributed by atoms with van der Waals surface area (Å²) in [6.45, 7) is 5.37. The van der Waals surface area contributed by atoms with Gasteiger partial charge in [0.25, 0.3) is 5.69 Å². The van der Waals surface area contributed by atoms with Crippen LogP contribution in [0.25, 0.3) is 0 Å². The number of carbonyl (C=O) groups is 1. The number of rotatable bonds is 5. The molecule has 7 nitrogen and oxygen atoms in total. The molecule has 1 aromatic carbocycles. The molecule has 1 heterocycles. The number of nitro groups is 1. The molecule has 0 aromatic heterocycles. The highest BCUT2D eigenvalue weighted by Gasteiger charge is 2.53. The molecule has 3 atom stereocenters. The predicted molar refractivity (Wildman–Crippen MR) is 109 cm³/mol. The van der Waals surface area contributed by atoms with Crippen molar-refractivity contribution in [2.75, 3.05) is 12.9 Å². The van der Waals surface area contributed by atoms with E-state index >= 15 is 0 Å². The Morgan fingerprint density at radius 2 is 2.17 bits per heavy atom. The lowest BCUT2D eigenvalue weighted by molar-refractivity contribution is -0.385. The molecule has 0 bridgehead atoms. The third kappa shape index (κ3) is 4.45. The van der Waals surface area contributed by atoms with Gasteiger partial charge in [0.05, 0.1) is 28.0 Å². The number of nitro benzene ring substituents is 1. The van der Waals surface area contributed by atoms with Gasteiger partial charge in [-0.2, -0.15) is 0 Å². The molecule has 1 aliphatic heterocycles. The van der Waals surface area contributed by atoms with Gasteiger partial charge < -0.3 is 9.47 Å². The topological polar surface area (TPSA) is 91.0 Å². The summed E-state index contributed by atoms with van der Waals surface area (Å²) in [5.41, 5.74) is -1.59. The van der Waals surface area contributed by atoms with Crippen LogP contribution >= 0.6 is 11.8 Å². The third-order valence-corrected chi connectivity index (χ3v) is 6.37. The van der Waals surface area contributed by atoms with E-state index in [9.17, 15) is 19.3 Å². The number of carbonyl (C=O) groups excluding carboxylic acids is 1. The minimum Gasteiger partial charge on any atom is -0.460 e. The zero-order chi connectivity index (χ0) is 21.4. The Hall–Kier alpha value is -2.00. The average molecular weight is 424 g/mol. The first-order chi connectivity index (χ1) is 13.6. The van der Waals surface area contributed by atoms with Crippen molar-refractivity contribution in [2.24, 2.45) is 10.9 Å². The molecule has 1 saturated carbocycles. The average Bonchev–Trinajstić information content (AvgIpc) is 2.98. The number of ether oxygens (including phenoxy) is 2. The van der Waals surface area contributed by atoms with Crippen molar-refractivity contribution in [1.29, 1.82) is 0 Å². The molecule has 1 fully saturated rings. The van der Waals surface area contributed by atoms with Crippen LogP contribution in [-0.2, 0) is 19.8 Å². The fourth-order valence-corrected chi connectivity index (χ4v) is 5.42. The zero-order valence-corrected chi connectivity index (χ0v) is 17.8. The maximum Gasteiger partial charge on any atom is 0.312 e. The lowest BCUT2D eigenvalue weighted by Crippen LogP contribution is -2.40. The Bertz CT molecular complexity index is 854. The zero-order valence-electron chi connectivity index (χ0n) is 16.9. The third-order valence-electron chi connectivity index (χ3n) is 5.27. The van der Waals surface area contributed by atoms with E-state index in [2.05, 4.69) is 0 Å². The van der Waals surface area contributed by atoms with Gasteiger partial charge in [-0.1, -0.05) is 0 Å². The molecule has 29 heavy (non-hydrogen) atoms. The first-order valence-corrected chi connectivity index (χ1v) is 10.4. The van der Waals surface area contributed by atoms with Crippen molar-refractivity contribution in [3.63, 3.8) is 0 Å². The Labute approximate surface area is 173 Å². The number of nitrogens with zero attached hydrogens (tertiary/aromatic N) is 2. The molecule has 0 saturated heterocycles. The highest BCUT2D eigenvalue weighted by Crippen LogP contribution is 2.53. The Morgan fingerprint density at radius 1 is 1.45 bits per heavy atom. The van der Waals surface area contributed by atoms with Gasteiger partial charge in [-0.05, 0) is 39.7 Å². The second kappa shape index (κ2) is 8.02. The van der Waals surface area contributed by atoms with E-state index in [0.717, 1.165) is 12.1 Å². The minimum atomic E-state index is -0.987. The van der Waals surface area contributed by atoms with Gasteiger partial charge in [0.1, 0.15) is 11.4 Å². The van der Waals surface area contributed by atoms with Crippen LogP contribution in [0.4, 0.5) is 10.1 Å². The second-order valence-electron chi connectivity index (χ2n) is 8.34. The van der Waals surface area contributed by atoms with E-state index in [1.165, 1.54) is 17.8 Å². The SMILES string of the molecule is CO[C@H]1CC[C@]2(c3cc([N+](=O)[O-])ccc3F)N=C(CC(=O)OC(C)(C)C)SC[C@H]12. The van der Waals surface area contributed by atoms with Crippen LogP contribution in [0.2, 0.25) is 0 Å². The molecule has 9 heteroatoms. The van der Waals surface area contributed by atoms with Crippen molar-refractivity contribution in [2.45, 2.75) is 57.3 Å². The van der Waals surface area contributed by atoms with E-state index in [0.29, 0.717) is 23.6 Å². The summed E-state index contributed by atoms with van der Waals surface area (Å²) in [6.07, 6.45) is 1.01. The van der Waals surface area contributed by atoms with Gasteiger partial charge in [0.15, 0.2) is 0 Å². The molecule has 3 rings (SSSR count). The van der Waals surface area contributed by atoms with Crippen LogP contribution in [0.15, 0.2) is 23.2 Å². The minimum absolute atomic E-state index is 0.00932. The molecule has 0 unspecified atom stereocenters. The number of hydrogen-bond donors (Lipinski definition) is 0. The monoisotopic (exact) mass is 424 g/mol. The Kier molecular flexibility index (Phi) is 6.01. The highest BCUT2D eigenvalue weighted by atomic mass is 32.2. The number of aliphatic imine (C=N–C) groups is 1. The first kappa shape index (κ1) is 21.7. The summed E-state index contributed by atoms with van der Waals surface area (Å²) in [4.78, 5) is 27.8. The maximum atomic E-state index is 14.9. The van der Waals surface area contributed by atoms with Crippen LogP contribution < -0.4 is 0 Å². The number of thioether (sulfide) groups is 1. The highest BCUT2D eigenvalue weighted by molar-refractivity contribution is 8.14. The lowest BCUT2D eigenvalue weighted by atomic mass is 9.80. The molecule has 2 aliphatic rings. The van der Waals surface area contributed by atoms with Crippen LogP contribution in [0.5, 0.6) is 0 Å². The van der Waals surface area contributed by atoms with Gasteiger partial charge in [0.2, 0.25) is 0 Å². The molecule has 1 aliphatic carbocycles. The fourth-order valence-electron chi connectivity index (χ4n) is 4.11. The molecule has 0 radical (unpaired) electrons. The number of halogens is 1. The standard InChI is InChI=1S/C20H25FN2O5S/c1-19(2,3)28-18(24)10-17-22-20(8-7-16(27-4)14(20)11-29-17)13-9-12(23(25)26)5-6-15(13)21/h5-6,9,14,16H,7-8,10-11H2,1-4H3/t14-,16+,20-/m1/s1. The number of benzene rings is 1. The quantitative estimate of drug-likeness (QED) is 0.399. The van der Waals surface area contributed by atoms with Gasteiger partial charge in [0, 0.05) is 36.5 Å². The van der Waals surface area contributed by atoms with E-state index in [1.807, 2.05) is 0 Å². The van der Waals surface area contributed by atoms with E-state index in [-0.39, 0.29) is 29.7 Å². The van der Waals surface area contributed by atoms with Crippen molar-refractivity contribution >= 4 is 28.5 Å². The smallest absolute Gasteiger partial charge is 0.312 e. The van der Waals surface area contributed by atoms with Crippen LogP contribution in [-0.4, -0.2) is 40.5 Å². The van der Waals surface area contributed by atoms with E-state index in [4.69, 9.17) is 14.5 Å². The summed E-state index contributed by atoms with van der Waals surface area (Å²) >= 11 is 1.44. The Balaban J connectivity index is 2.02. The molecular formula is C20H25FN2O5S. The normalized spacial score (nSPS) is 26.6. The van der Waals surface area contributed by atoms with Crippen LogP contribution in [0.1, 0.15) is 45.6 Å². The van der Waals surface area contributed by atoms with Crippen LogP contribution in [0.3, 0.4) is 0 Å². The summed E-state index contributed by atoms with van der Waals surface area (Å²) in [6, 6.07) is 3.53. The molecule has 0 N–H and O–H groups in total. The first-order valence-electron chi connectivity index (χ1n) is 9.46. The Morgan fingerprint density at radius 3 is 2.79 bits per heavy atom. The van der Waals surface area contributed by atoms with Crippen LogP contribution in [0, 0.1) is 21.8 Å². The number of esters is 1. The van der Waals surface area contributed by atoms with Crippen molar-refractivity contribution in [3.05, 3.63) is 39.7 Å². The van der Waals surface area contributed by atoms with Gasteiger partial charge in [-0.15, -0.1) is 11.8 Å². The molecule has 1 aromatic rings. The number of hydrogen-bond acceptors (Lipinski definition) is 7. The number of fused-ring (bicyclic) bond motifs is 1. The largest absolute Gasteiger partial charge is 0.460 e. The lowest BCUT2D eigenvalue weighted by Gasteiger charge is -2.38. The summed E-state index contributed by atoms with van der Waals surface area (Å²) in [5, 5.41) is 11.8. The number of methoxy groups -OCH3 is 1. The van der Waals surface area contributed by atoms with Gasteiger partial charge in [-0.3, -0.25) is 19.9 Å². The fraction of sp³-hybridized carbons (Fsp3) is 0.600. The molecule has 0 amide bonds. The molecule has 0 spiro atoms. The van der Waals surface area contributed by atoms with Gasteiger partial charge >= 0.3 is 5.97 Å². The summed E-state index contributed by atoms with van der Waals surface area (Å²) in [7, 11) is 1.61. The predicted octanol–water partition coefficient (Wildman–Crippen LogP) is 4.23. The summed E-state index contributed by atoms with van der Waals surface area (Å²) < 4.78 is 25.8.